The van der Waals surface area contributed by atoms with E-state index in [2.05, 4.69) is 21.3 Å². The molecule has 5 heterocycles. The van der Waals surface area contributed by atoms with Crippen LogP contribution in [0, 0.1) is 11.8 Å². The smallest absolute Gasteiger partial charge is 0.279 e. The Morgan fingerprint density at radius 3 is 3.05 bits per heavy atom. The van der Waals surface area contributed by atoms with Crippen molar-refractivity contribution in [3.8, 4) is 0 Å². The van der Waals surface area contributed by atoms with E-state index in [-0.39, 0.29) is 5.91 Å². The van der Waals surface area contributed by atoms with E-state index in [1.807, 2.05) is 29.2 Å². The number of fused-ring (bicyclic) bond motifs is 2. The number of aromatic nitrogens is 2. The molecule has 2 atom stereocenters. The fraction of sp³-hybridized carbons (Fsp3) is 0.375. The highest BCUT2D eigenvalue weighted by Crippen LogP contribution is 2.44. The number of allylic oxidation sites excluding steroid dienone is 1. The van der Waals surface area contributed by atoms with Crippen molar-refractivity contribution < 1.29 is 4.79 Å². The number of para-hydroxylation sites is 1. The zero-order valence-corrected chi connectivity index (χ0v) is 11.6. The fourth-order valence-electron chi connectivity index (χ4n) is 4.10. The van der Waals surface area contributed by atoms with Crippen molar-refractivity contribution in [2.75, 3.05) is 19.6 Å². The number of likely N-dealkylation sites (tertiary alicyclic amines) is 1. The van der Waals surface area contributed by atoms with Crippen molar-refractivity contribution in [1.29, 1.82) is 0 Å². The number of carbonyl (C=O) groups excluding carboxylic acids is 1. The van der Waals surface area contributed by atoms with Crippen LogP contribution in [-0.4, -0.2) is 45.5 Å². The Morgan fingerprint density at radius 2 is 2.19 bits per heavy atom. The van der Waals surface area contributed by atoms with Crippen molar-refractivity contribution in [3.05, 3.63) is 41.9 Å². The first kappa shape index (κ1) is 11.4. The second-order valence-corrected chi connectivity index (χ2v) is 6.24. The topological polar surface area (TPSA) is 52.2 Å². The first-order valence-corrected chi connectivity index (χ1v) is 7.52. The van der Waals surface area contributed by atoms with Gasteiger partial charge in [-0.25, -0.2) is 0 Å². The van der Waals surface area contributed by atoms with E-state index in [9.17, 15) is 4.79 Å². The molecule has 0 aliphatic carbocycles. The molecule has 2 saturated heterocycles. The van der Waals surface area contributed by atoms with Gasteiger partial charge in [0.15, 0.2) is 5.69 Å². The molecular formula is C16H16N4O. The molecule has 1 amide bonds. The Hall–Kier alpha value is -2.30. The third-order valence-electron chi connectivity index (χ3n) is 5.11. The highest BCUT2D eigenvalue weighted by atomic mass is 16.2. The van der Waals surface area contributed by atoms with E-state index in [1.54, 1.807) is 0 Å². The number of nitrogens with one attached hydrogen (secondary N) is 1. The molecule has 0 spiro atoms. The third-order valence-corrected chi connectivity index (χ3v) is 5.11. The average molecular weight is 280 g/mol. The summed E-state index contributed by atoms with van der Waals surface area (Å²) in [5, 5.41) is 8.13. The van der Waals surface area contributed by atoms with E-state index in [1.165, 1.54) is 12.1 Å². The molecule has 0 unspecified atom stereocenters. The molecule has 2 fully saturated rings. The summed E-state index contributed by atoms with van der Waals surface area (Å²) in [5.41, 5.74) is 2.67. The van der Waals surface area contributed by atoms with Crippen LogP contribution in [0.2, 0.25) is 0 Å². The summed E-state index contributed by atoms with van der Waals surface area (Å²) in [6, 6.07) is 7.81. The average Bonchev–Trinajstić information content (AvgIpc) is 3.06. The largest absolute Gasteiger partial charge is 0.376 e. The Labute approximate surface area is 122 Å². The van der Waals surface area contributed by atoms with Gasteiger partial charge in [-0.1, -0.05) is 18.2 Å². The van der Waals surface area contributed by atoms with Crippen molar-refractivity contribution in [3.63, 3.8) is 0 Å². The molecular weight excluding hydrogens is 264 g/mol. The van der Waals surface area contributed by atoms with Gasteiger partial charge in [0.05, 0.1) is 5.52 Å². The minimum Gasteiger partial charge on any atom is -0.376 e. The van der Waals surface area contributed by atoms with Gasteiger partial charge >= 0.3 is 0 Å². The summed E-state index contributed by atoms with van der Waals surface area (Å²) >= 11 is 0. The lowest BCUT2D eigenvalue weighted by atomic mass is 9.84. The molecule has 4 aliphatic rings. The summed E-state index contributed by atoms with van der Waals surface area (Å²) in [5.74, 6) is 1.21. The van der Waals surface area contributed by atoms with Crippen LogP contribution in [0.4, 0.5) is 0 Å². The van der Waals surface area contributed by atoms with Crippen molar-refractivity contribution >= 4 is 16.8 Å². The number of H-pyrrole nitrogens is 1. The van der Waals surface area contributed by atoms with Gasteiger partial charge in [-0.2, -0.15) is 5.10 Å². The minimum atomic E-state index is 0.0370. The molecule has 5 heteroatoms. The van der Waals surface area contributed by atoms with Crippen LogP contribution in [0.3, 0.4) is 0 Å². The van der Waals surface area contributed by atoms with Crippen LogP contribution < -0.4 is 0 Å². The highest BCUT2D eigenvalue weighted by Gasteiger charge is 2.46. The van der Waals surface area contributed by atoms with Crippen LogP contribution in [-0.2, 0) is 0 Å². The lowest BCUT2D eigenvalue weighted by Gasteiger charge is -2.39. The maximum absolute atomic E-state index is 12.9. The summed E-state index contributed by atoms with van der Waals surface area (Å²) in [6.45, 7) is 3.07. The van der Waals surface area contributed by atoms with Gasteiger partial charge in [-0.05, 0) is 12.5 Å². The molecule has 4 aliphatic heterocycles. The van der Waals surface area contributed by atoms with E-state index in [4.69, 9.17) is 0 Å². The summed E-state index contributed by atoms with van der Waals surface area (Å²) in [4.78, 5) is 17.2. The Bertz CT molecular complexity index is 777. The lowest BCUT2D eigenvalue weighted by molar-refractivity contribution is 0.0816. The number of benzene rings is 1. The third kappa shape index (κ3) is 1.46. The number of nitrogens with zero attached hydrogens (tertiary/aromatic N) is 3. The molecule has 1 aromatic carbocycles. The van der Waals surface area contributed by atoms with Gasteiger partial charge in [-0.3, -0.25) is 9.89 Å². The Kier molecular flexibility index (Phi) is 2.10. The number of hydrogen-bond donors (Lipinski definition) is 1. The molecule has 21 heavy (non-hydrogen) atoms. The summed E-state index contributed by atoms with van der Waals surface area (Å²) < 4.78 is 0. The highest BCUT2D eigenvalue weighted by molar-refractivity contribution is 6.05. The quantitative estimate of drug-likeness (QED) is 0.867. The predicted octanol–water partition coefficient (Wildman–Crippen LogP) is 1.81. The molecule has 5 nitrogen and oxygen atoms in total. The van der Waals surface area contributed by atoms with E-state index >= 15 is 0 Å². The SMILES string of the molecule is O=C(c1n[nH]c2ccccc12)N1C[C@@H]2CN3C=C1[C@H]2CC3. The molecule has 1 N–H and O–H groups in total. The number of piperidine rings is 1. The summed E-state index contributed by atoms with van der Waals surface area (Å²) in [6.07, 6.45) is 3.37. The number of rotatable bonds is 1. The van der Waals surface area contributed by atoms with E-state index in [0.29, 0.717) is 17.5 Å². The Morgan fingerprint density at radius 1 is 1.29 bits per heavy atom. The predicted molar refractivity (Wildman–Crippen MR) is 78.4 cm³/mol. The van der Waals surface area contributed by atoms with Gasteiger partial charge < -0.3 is 9.80 Å². The van der Waals surface area contributed by atoms with Gasteiger partial charge in [-0.15, -0.1) is 0 Å². The van der Waals surface area contributed by atoms with Crippen LogP contribution in [0.15, 0.2) is 36.2 Å². The van der Waals surface area contributed by atoms with Gasteiger partial charge in [0.2, 0.25) is 0 Å². The number of aromatic amines is 1. The second kappa shape index (κ2) is 3.87. The van der Waals surface area contributed by atoms with Crippen molar-refractivity contribution in [1.82, 2.24) is 20.0 Å². The molecule has 4 bridgehead atoms. The Balaban J connectivity index is 1.57. The normalized spacial score (nSPS) is 26.6. The fourth-order valence-corrected chi connectivity index (χ4v) is 4.10. The number of amides is 1. The van der Waals surface area contributed by atoms with Crippen molar-refractivity contribution in [2.45, 2.75) is 6.42 Å². The lowest BCUT2D eigenvalue weighted by Crippen LogP contribution is -2.40. The second-order valence-electron chi connectivity index (χ2n) is 6.24. The van der Waals surface area contributed by atoms with Crippen LogP contribution in [0.1, 0.15) is 16.9 Å². The van der Waals surface area contributed by atoms with E-state index < -0.39 is 0 Å². The van der Waals surface area contributed by atoms with Gasteiger partial charge in [0.1, 0.15) is 0 Å². The first-order chi connectivity index (χ1) is 10.3. The minimum absolute atomic E-state index is 0.0370. The zero-order chi connectivity index (χ0) is 14.0. The summed E-state index contributed by atoms with van der Waals surface area (Å²) in [7, 11) is 0. The van der Waals surface area contributed by atoms with Crippen molar-refractivity contribution in [2.24, 2.45) is 11.8 Å². The number of hydrogen-bond acceptors (Lipinski definition) is 3. The van der Waals surface area contributed by atoms with Crippen LogP contribution >= 0.6 is 0 Å². The maximum atomic E-state index is 12.9. The zero-order valence-electron chi connectivity index (χ0n) is 11.6. The first-order valence-electron chi connectivity index (χ1n) is 7.52. The van der Waals surface area contributed by atoms with E-state index in [0.717, 1.165) is 30.5 Å². The standard InChI is InChI=1S/C16H16N4O/c21-16(15-12-3-1-2-4-13(12)17-18-15)20-8-10-7-19-6-5-11(10)14(20)9-19/h1-4,9-11H,5-8H2,(H,17,18)/t10-,11-/m0/s1. The van der Waals surface area contributed by atoms with Gasteiger partial charge in [0, 0.05) is 48.8 Å². The molecule has 106 valence electrons. The monoisotopic (exact) mass is 280 g/mol. The molecule has 2 aromatic rings. The number of carbonyl (C=O) groups is 1. The molecule has 0 radical (unpaired) electrons. The molecule has 0 saturated carbocycles. The van der Waals surface area contributed by atoms with Gasteiger partial charge in [0.25, 0.3) is 5.91 Å². The van der Waals surface area contributed by atoms with Crippen LogP contribution in [0.5, 0.6) is 0 Å². The molecule has 1 aromatic heterocycles. The molecule has 6 rings (SSSR count). The maximum Gasteiger partial charge on any atom is 0.279 e. The van der Waals surface area contributed by atoms with Crippen LogP contribution in [0.25, 0.3) is 10.9 Å².